The topological polar surface area (TPSA) is 94.0 Å². The summed E-state index contributed by atoms with van der Waals surface area (Å²) in [5.41, 5.74) is 5.90. The number of nitrogens with zero attached hydrogens (tertiary/aromatic N) is 3. The van der Waals surface area contributed by atoms with Crippen LogP contribution in [0.4, 0.5) is 5.95 Å². The third-order valence-corrected chi connectivity index (χ3v) is 4.38. The highest BCUT2D eigenvalue weighted by Crippen LogP contribution is 2.31. The third-order valence-electron chi connectivity index (χ3n) is 3.46. The Morgan fingerprint density at radius 2 is 1.89 bits per heavy atom. The minimum absolute atomic E-state index is 0.00907. The van der Waals surface area contributed by atoms with Gasteiger partial charge in [-0.2, -0.15) is 0 Å². The summed E-state index contributed by atoms with van der Waals surface area (Å²) >= 11 is 1.19. The highest BCUT2D eigenvalue weighted by atomic mass is 32.2. The van der Waals surface area contributed by atoms with E-state index in [1.54, 1.807) is 0 Å². The molecule has 0 aromatic carbocycles. The lowest BCUT2D eigenvalue weighted by Gasteiger charge is -2.22. The normalized spacial score (nSPS) is 17.9. The molecule has 19 heavy (non-hydrogen) atoms. The Morgan fingerprint density at radius 3 is 2.53 bits per heavy atom. The molecular formula is C12H20N4O2S. The molecule has 0 aliphatic heterocycles. The van der Waals surface area contributed by atoms with Gasteiger partial charge in [-0.15, -0.1) is 10.2 Å². The van der Waals surface area contributed by atoms with Gasteiger partial charge >= 0.3 is 5.97 Å². The molecule has 1 heterocycles. The number of carboxylic acids is 1. The second-order valence-electron chi connectivity index (χ2n) is 4.89. The predicted molar refractivity (Wildman–Crippen MR) is 74.2 cm³/mol. The van der Waals surface area contributed by atoms with Crippen LogP contribution in [-0.4, -0.2) is 31.6 Å². The van der Waals surface area contributed by atoms with Crippen molar-refractivity contribution in [3.05, 3.63) is 0 Å². The lowest BCUT2D eigenvalue weighted by atomic mass is 9.97. The van der Waals surface area contributed by atoms with Gasteiger partial charge in [0.05, 0.1) is 5.75 Å². The summed E-state index contributed by atoms with van der Waals surface area (Å²) in [6.07, 6.45) is 8.35. The number of anilines is 1. The first kappa shape index (κ1) is 14.2. The molecule has 1 aromatic heterocycles. The van der Waals surface area contributed by atoms with Gasteiger partial charge in [0.15, 0.2) is 5.16 Å². The Balaban J connectivity index is 2.11. The Bertz CT molecular complexity index is 427. The summed E-state index contributed by atoms with van der Waals surface area (Å²) in [4.78, 5) is 10.7. The average Bonchev–Trinajstić information content (AvgIpc) is 2.68. The maximum atomic E-state index is 10.7. The zero-order chi connectivity index (χ0) is 13.7. The van der Waals surface area contributed by atoms with E-state index in [9.17, 15) is 4.79 Å². The van der Waals surface area contributed by atoms with Gasteiger partial charge < -0.3 is 10.8 Å². The Hall–Kier alpha value is -1.24. The zero-order valence-corrected chi connectivity index (χ0v) is 11.7. The smallest absolute Gasteiger partial charge is 0.313 e. The quantitative estimate of drug-likeness (QED) is 0.824. The lowest BCUT2D eigenvalue weighted by Crippen LogP contribution is -2.15. The van der Waals surface area contributed by atoms with Crippen LogP contribution in [0.3, 0.4) is 0 Å². The molecule has 7 heteroatoms. The number of hydrogen-bond donors (Lipinski definition) is 2. The van der Waals surface area contributed by atoms with Crippen LogP contribution >= 0.6 is 11.8 Å². The SMILES string of the molecule is Nc1nnc(SCC(=O)O)n1C1CCCCCCC1. The van der Waals surface area contributed by atoms with Crippen molar-refractivity contribution in [1.29, 1.82) is 0 Å². The first-order chi connectivity index (χ1) is 9.18. The third kappa shape index (κ3) is 3.86. The van der Waals surface area contributed by atoms with Crippen molar-refractivity contribution in [2.45, 2.75) is 56.1 Å². The van der Waals surface area contributed by atoms with E-state index in [0.717, 1.165) is 12.8 Å². The van der Waals surface area contributed by atoms with E-state index < -0.39 is 5.97 Å². The number of aromatic nitrogens is 3. The van der Waals surface area contributed by atoms with E-state index >= 15 is 0 Å². The maximum absolute atomic E-state index is 10.7. The molecule has 1 aliphatic carbocycles. The van der Waals surface area contributed by atoms with Crippen molar-refractivity contribution in [1.82, 2.24) is 14.8 Å². The van der Waals surface area contributed by atoms with E-state index in [1.165, 1.54) is 43.9 Å². The number of hydrogen-bond acceptors (Lipinski definition) is 5. The average molecular weight is 284 g/mol. The van der Waals surface area contributed by atoms with E-state index in [0.29, 0.717) is 17.1 Å². The van der Waals surface area contributed by atoms with E-state index in [-0.39, 0.29) is 5.75 Å². The highest BCUT2D eigenvalue weighted by Gasteiger charge is 2.20. The number of aliphatic carboxylic acids is 1. The second kappa shape index (κ2) is 6.79. The van der Waals surface area contributed by atoms with Crippen molar-refractivity contribution in [3.8, 4) is 0 Å². The monoisotopic (exact) mass is 284 g/mol. The van der Waals surface area contributed by atoms with Crippen molar-refractivity contribution in [2.75, 3.05) is 11.5 Å². The molecule has 3 N–H and O–H groups in total. The van der Waals surface area contributed by atoms with Gasteiger partial charge in [0.2, 0.25) is 5.95 Å². The molecule has 106 valence electrons. The Morgan fingerprint density at radius 1 is 1.26 bits per heavy atom. The van der Waals surface area contributed by atoms with Crippen LogP contribution in [0, 0.1) is 0 Å². The van der Waals surface area contributed by atoms with Crippen molar-refractivity contribution >= 4 is 23.7 Å². The number of carboxylic acid groups (broad SMARTS) is 1. The van der Waals surface area contributed by atoms with Crippen LogP contribution in [-0.2, 0) is 4.79 Å². The van der Waals surface area contributed by atoms with Gasteiger partial charge in [0, 0.05) is 6.04 Å². The van der Waals surface area contributed by atoms with E-state index in [4.69, 9.17) is 10.8 Å². The van der Waals surface area contributed by atoms with Crippen LogP contribution in [0.1, 0.15) is 51.0 Å². The van der Waals surface area contributed by atoms with Crippen molar-refractivity contribution in [2.24, 2.45) is 0 Å². The first-order valence-electron chi connectivity index (χ1n) is 6.73. The zero-order valence-electron chi connectivity index (χ0n) is 10.9. The van der Waals surface area contributed by atoms with E-state index in [1.807, 2.05) is 4.57 Å². The summed E-state index contributed by atoms with van der Waals surface area (Å²) in [6.45, 7) is 0. The standard InChI is InChI=1S/C12H20N4O2S/c13-11-14-15-12(19-8-10(17)18)16(11)9-6-4-2-1-3-5-7-9/h9H,1-8H2,(H2,13,14)(H,17,18). The van der Waals surface area contributed by atoms with Gasteiger partial charge in [0.25, 0.3) is 0 Å². The Kier molecular flexibility index (Phi) is 5.07. The molecule has 0 bridgehead atoms. The summed E-state index contributed by atoms with van der Waals surface area (Å²) in [5.74, 6) is -0.459. The first-order valence-corrected chi connectivity index (χ1v) is 7.72. The second-order valence-corrected chi connectivity index (χ2v) is 5.83. The van der Waals surface area contributed by atoms with Gasteiger partial charge in [-0.3, -0.25) is 9.36 Å². The van der Waals surface area contributed by atoms with Crippen molar-refractivity contribution < 1.29 is 9.90 Å². The number of rotatable bonds is 4. The fourth-order valence-corrected chi connectivity index (χ4v) is 3.28. The van der Waals surface area contributed by atoms with Gasteiger partial charge in [-0.25, -0.2) is 0 Å². The number of nitrogen functional groups attached to an aromatic ring is 1. The molecule has 1 saturated carbocycles. The molecule has 1 fully saturated rings. The molecular weight excluding hydrogens is 264 g/mol. The van der Waals surface area contributed by atoms with Crippen LogP contribution in [0.25, 0.3) is 0 Å². The summed E-state index contributed by atoms with van der Waals surface area (Å²) < 4.78 is 1.93. The molecule has 1 aromatic rings. The maximum Gasteiger partial charge on any atom is 0.313 e. The minimum atomic E-state index is -0.851. The Labute approximate surface area is 116 Å². The lowest BCUT2D eigenvalue weighted by molar-refractivity contribution is -0.133. The molecule has 2 rings (SSSR count). The largest absolute Gasteiger partial charge is 0.481 e. The molecule has 0 atom stereocenters. The molecule has 6 nitrogen and oxygen atoms in total. The molecule has 0 spiro atoms. The van der Waals surface area contributed by atoms with Gasteiger partial charge in [0.1, 0.15) is 0 Å². The summed E-state index contributed by atoms with van der Waals surface area (Å²) in [7, 11) is 0. The summed E-state index contributed by atoms with van der Waals surface area (Å²) in [6, 6.07) is 0.312. The number of thioether (sulfide) groups is 1. The van der Waals surface area contributed by atoms with Gasteiger partial charge in [-0.1, -0.05) is 43.9 Å². The van der Waals surface area contributed by atoms with Crippen molar-refractivity contribution in [3.63, 3.8) is 0 Å². The van der Waals surface area contributed by atoms with E-state index in [2.05, 4.69) is 10.2 Å². The van der Waals surface area contributed by atoms with Crippen LogP contribution in [0.5, 0.6) is 0 Å². The van der Waals surface area contributed by atoms with Crippen LogP contribution in [0.15, 0.2) is 5.16 Å². The molecule has 0 unspecified atom stereocenters. The molecule has 0 saturated heterocycles. The van der Waals surface area contributed by atoms with Crippen LogP contribution < -0.4 is 5.73 Å². The van der Waals surface area contributed by atoms with Gasteiger partial charge in [-0.05, 0) is 12.8 Å². The highest BCUT2D eigenvalue weighted by molar-refractivity contribution is 7.99. The minimum Gasteiger partial charge on any atom is -0.481 e. The molecule has 0 amide bonds. The fourth-order valence-electron chi connectivity index (χ4n) is 2.55. The fraction of sp³-hybridized carbons (Fsp3) is 0.750. The molecule has 0 radical (unpaired) electrons. The predicted octanol–water partition coefficient (Wildman–Crippen LogP) is 2.32. The summed E-state index contributed by atoms with van der Waals surface area (Å²) in [5, 5.41) is 17.3. The van der Waals surface area contributed by atoms with Crippen LogP contribution in [0.2, 0.25) is 0 Å². The molecule has 1 aliphatic rings. The number of carbonyl (C=O) groups is 1. The number of nitrogens with two attached hydrogens (primary N) is 1.